The van der Waals surface area contributed by atoms with Crippen molar-refractivity contribution in [1.29, 1.82) is 0 Å². The summed E-state index contributed by atoms with van der Waals surface area (Å²) >= 11 is 0. The third-order valence-electron chi connectivity index (χ3n) is 7.42. The smallest absolute Gasteiger partial charge is 0.256 e. The lowest BCUT2D eigenvalue weighted by Crippen LogP contribution is -2.35. The lowest BCUT2D eigenvalue weighted by Gasteiger charge is -2.20. The summed E-state index contributed by atoms with van der Waals surface area (Å²) in [5.74, 6) is 1.26. The lowest BCUT2D eigenvalue weighted by molar-refractivity contribution is 0.0774. The first-order valence-corrected chi connectivity index (χ1v) is 12.9. The predicted octanol–water partition coefficient (Wildman–Crippen LogP) is 6.37. The van der Waals surface area contributed by atoms with Gasteiger partial charge in [0, 0.05) is 47.2 Å². The highest BCUT2D eigenvalue weighted by atomic mass is 16.5. The highest BCUT2D eigenvalue weighted by Gasteiger charge is 2.32. The molecular weight excluding hydrogens is 450 g/mol. The molecule has 0 radical (unpaired) electrons. The average molecular weight is 482 g/mol. The maximum absolute atomic E-state index is 13.0. The second kappa shape index (κ2) is 9.69. The van der Waals surface area contributed by atoms with Crippen LogP contribution in [0.1, 0.15) is 42.5 Å². The summed E-state index contributed by atoms with van der Waals surface area (Å²) in [5, 5.41) is 2.63. The molecule has 3 aromatic carbocycles. The average Bonchev–Trinajstić information content (AvgIpc) is 3.48. The monoisotopic (exact) mass is 481 g/mol. The topological polar surface area (TPSA) is 56.1 Å². The SMILES string of the molecule is COc1cc2c(cc1OCCCCCn1c3ccccc3c3ccccc31)N=C[C@@H]1CCCN1C2=O. The van der Waals surface area contributed by atoms with Gasteiger partial charge in [0.15, 0.2) is 11.5 Å². The number of methoxy groups -OCH3 is 1. The largest absolute Gasteiger partial charge is 0.493 e. The molecule has 0 unspecified atom stereocenters. The number of benzene rings is 3. The van der Waals surface area contributed by atoms with Gasteiger partial charge in [-0.1, -0.05) is 36.4 Å². The molecule has 1 saturated heterocycles. The van der Waals surface area contributed by atoms with Crippen molar-refractivity contribution in [2.24, 2.45) is 4.99 Å². The van der Waals surface area contributed by atoms with E-state index in [9.17, 15) is 4.79 Å². The van der Waals surface area contributed by atoms with Crippen molar-refractivity contribution in [3.63, 3.8) is 0 Å². The Labute approximate surface area is 211 Å². The summed E-state index contributed by atoms with van der Waals surface area (Å²) < 4.78 is 14.1. The van der Waals surface area contributed by atoms with Crippen LogP contribution in [0.2, 0.25) is 0 Å². The predicted molar refractivity (Wildman–Crippen MR) is 144 cm³/mol. The van der Waals surface area contributed by atoms with Gasteiger partial charge < -0.3 is 18.9 Å². The van der Waals surface area contributed by atoms with Crippen molar-refractivity contribution in [3.8, 4) is 11.5 Å². The first-order valence-electron chi connectivity index (χ1n) is 12.9. The Balaban J connectivity index is 1.09. The lowest BCUT2D eigenvalue weighted by atomic mass is 10.1. The fourth-order valence-corrected chi connectivity index (χ4v) is 5.60. The Kier molecular flexibility index (Phi) is 6.09. The third kappa shape index (κ3) is 4.00. The molecule has 184 valence electrons. The molecule has 0 bridgehead atoms. The zero-order chi connectivity index (χ0) is 24.5. The zero-order valence-corrected chi connectivity index (χ0v) is 20.7. The molecule has 0 saturated carbocycles. The van der Waals surface area contributed by atoms with Gasteiger partial charge in [0.1, 0.15) is 0 Å². The number of carbonyl (C=O) groups is 1. The van der Waals surface area contributed by atoms with E-state index in [4.69, 9.17) is 9.47 Å². The summed E-state index contributed by atoms with van der Waals surface area (Å²) in [6.07, 6.45) is 6.97. The van der Waals surface area contributed by atoms with Crippen LogP contribution in [0.5, 0.6) is 11.5 Å². The third-order valence-corrected chi connectivity index (χ3v) is 7.42. The molecule has 36 heavy (non-hydrogen) atoms. The van der Waals surface area contributed by atoms with E-state index in [2.05, 4.69) is 58.1 Å². The van der Waals surface area contributed by atoms with Crippen molar-refractivity contribution in [2.45, 2.75) is 44.7 Å². The van der Waals surface area contributed by atoms with Crippen LogP contribution in [0, 0.1) is 0 Å². The second-order valence-electron chi connectivity index (χ2n) is 9.60. The molecule has 2 aliphatic heterocycles. The molecule has 1 fully saturated rings. The van der Waals surface area contributed by atoms with Gasteiger partial charge >= 0.3 is 0 Å². The van der Waals surface area contributed by atoms with Crippen LogP contribution in [0.15, 0.2) is 65.7 Å². The number of ether oxygens (including phenoxy) is 2. The van der Waals surface area contributed by atoms with Crippen LogP contribution in [0.25, 0.3) is 21.8 Å². The number of carbonyl (C=O) groups excluding carboxylic acids is 1. The van der Waals surface area contributed by atoms with E-state index in [-0.39, 0.29) is 11.9 Å². The van der Waals surface area contributed by atoms with Gasteiger partial charge in [0.25, 0.3) is 5.91 Å². The van der Waals surface area contributed by atoms with Crippen LogP contribution >= 0.6 is 0 Å². The Hall–Kier alpha value is -3.80. The summed E-state index contributed by atoms with van der Waals surface area (Å²) in [5.41, 5.74) is 3.84. The minimum absolute atomic E-state index is 0.0277. The standard InChI is InChI=1S/C30H31N3O3/c1-35-28-18-24-25(31-20-21-10-9-16-32(21)30(24)34)19-29(28)36-17-8-2-7-15-33-26-13-5-3-11-22(26)23-12-4-6-14-27(23)33/h3-6,11-14,18-21H,2,7-10,15-17H2,1H3/t21-/m0/s1. The number of fused-ring (bicyclic) bond motifs is 5. The maximum atomic E-state index is 13.0. The van der Waals surface area contributed by atoms with Crippen molar-refractivity contribution in [3.05, 3.63) is 66.2 Å². The van der Waals surface area contributed by atoms with Gasteiger partial charge in [-0.25, -0.2) is 0 Å². The van der Waals surface area contributed by atoms with Crippen LogP contribution in [0.4, 0.5) is 5.69 Å². The minimum Gasteiger partial charge on any atom is -0.493 e. The number of para-hydroxylation sites is 2. The fraction of sp³-hybridized carbons (Fsp3) is 0.333. The number of rotatable bonds is 8. The van der Waals surface area contributed by atoms with Gasteiger partial charge in [-0.15, -0.1) is 0 Å². The molecule has 2 aliphatic rings. The molecule has 6 nitrogen and oxygen atoms in total. The quantitative estimate of drug-likeness (QED) is 0.275. The van der Waals surface area contributed by atoms with Crippen molar-refractivity contribution in [1.82, 2.24) is 9.47 Å². The number of hydrogen-bond donors (Lipinski definition) is 0. The second-order valence-corrected chi connectivity index (χ2v) is 9.60. The Morgan fingerprint density at radius 3 is 2.44 bits per heavy atom. The molecular formula is C30H31N3O3. The van der Waals surface area contributed by atoms with E-state index in [0.29, 0.717) is 29.4 Å². The number of aromatic nitrogens is 1. The number of unbranched alkanes of at least 4 members (excludes halogenated alkanes) is 2. The van der Waals surface area contributed by atoms with E-state index >= 15 is 0 Å². The van der Waals surface area contributed by atoms with E-state index in [1.54, 1.807) is 13.2 Å². The highest BCUT2D eigenvalue weighted by molar-refractivity contribution is 6.08. The Bertz CT molecular complexity index is 1400. The number of amides is 1. The normalized spacial score (nSPS) is 16.9. The van der Waals surface area contributed by atoms with E-state index in [0.717, 1.165) is 45.2 Å². The minimum atomic E-state index is 0.0277. The van der Waals surface area contributed by atoms with Crippen LogP contribution < -0.4 is 9.47 Å². The fourth-order valence-electron chi connectivity index (χ4n) is 5.60. The van der Waals surface area contributed by atoms with E-state index in [1.807, 2.05) is 17.2 Å². The Morgan fingerprint density at radius 2 is 1.69 bits per heavy atom. The number of nitrogens with zero attached hydrogens (tertiary/aromatic N) is 3. The summed E-state index contributed by atoms with van der Waals surface area (Å²) in [6, 6.07) is 21.0. The van der Waals surface area contributed by atoms with E-state index < -0.39 is 0 Å². The molecule has 1 aromatic heterocycles. The molecule has 4 aromatic rings. The molecule has 0 N–H and O–H groups in total. The molecule has 1 atom stereocenters. The van der Waals surface area contributed by atoms with Gasteiger partial charge in [-0.2, -0.15) is 0 Å². The molecule has 1 amide bonds. The van der Waals surface area contributed by atoms with Crippen LogP contribution in [-0.2, 0) is 6.54 Å². The summed E-state index contributed by atoms with van der Waals surface area (Å²) in [7, 11) is 1.61. The summed E-state index contributed by atoms with van der Waals surface area (Å²) in [6.45, 7) is 2.35. The molecule has 3 heterocycles. The Morgan fingerprint density at radius 1 is 0.944 bits per heavy atom. The van der Waals surface area contributed by atoms with Gasteiger partial charge in [-0.05, 0) is 50.3 Å². The molecule has 0 aliphatic carbocycles. The van der Waals surface area contributed by atoms with Gasteiger partial charge in [0.05, 0.1) is 31.0 Å². The van der Waals surface area contributed by atoms with Crippen LogP contribution in [-0.4, -0.2) is 47.9 Å². The highest BCUT2D eigenvalue weighted by Crippen LogP contribution is 2.38. The zero-order valence-electron chi connectivity index (χ0n) is 20.7. The number of hydrogen-bond acceptors (Lipinski definition) is 4. The van der Waals surface area contributed by atoms with E-state index in [1.165, 1.54) is 21.8 Å². The van der Waals surface area contributed by atoms with Crippen molar-refractivity contribution in [2.75, 3.05) is 20.3 Å². The van der Waals surface area contributed by atoms with Crippen molar-refractivity contribution < 1.29 is 14.3 Å². The number of aliphatic imine (C=N–C) groups is 1. The molecule has 6 rings (SSSR count). The van der Waals surface area contributed by atoms with Gasteiger partial charge in [-0.3, -0.25) is 9.79 Å². The first-order chi connectivity index (χ1) is 17.7. The maximum Gasteiger partial charge on any atom is 0.256 e. The first kappa shape index (κ1) is 22.7. The molecule has 6 heteroatoms. The van der Waals surface area contributed by atoms with Crippen LogP contribution in [0.3, 0.4) is 0 Å². The summed E-state index contributed by atoms with van der Waals surface area (Å²) in [4.78, 5) is 19.6. The van der Waals surface area contributed by atoms with Crippen molar-refractivity contribution >= 4 is 39.6 Å². The number of aryl methyl sites for hydroxylation is 1. The molecule has 0 spiro atoms. The van der Waals surface area contributed by atoms with Gasteiger partial charge in [0.2, 0.25) is 0 Å².